The molecule has 0 radical (unpaired) electrons. The third-order valence-corrected chi connectivity index (χ3v) is 3.55. The minimum Gasteiger partial charge on any atom is -0.489 e. The van der Waals surface area contributed by atoms with Gasteiger partial charge in [0.2, 0.25) is 0 Å². The molecule has 0 saturated heterocycles. The highest BCUT2D eigenvalue weighted by molar-refractivity contribution is 5.74. The van der Waals surface area contributed by atoms with Crippen molar-refractivity contribution in [2.24, 2.45) is 0 Å². The summed E-state index contributed by atoms with van der Waals surface area (Å²) in [5, 5.41) is 9.43. The van der Waals surface area contributed by atoms with Crippen molar-refractivity contribution in [1.29, 1.82) is 0 Å². The highest BCUT2D eigenvalue weighted by atomic mass is 19.1. The monoisotopic (exact) mass is 335 g/mol. The molecule has 0 aliphatic rings. The lowest BCUT2D eigenvalue weighted by Gasteiger charge is -2.18. The van der Waals surface area contributed by atoms with Gasteiger partial charge in [0.05, 0.1) is 18.3 Å². The van der Waals surface area contributed by atoms with Gasteiger partial charge in [-0.2, -0.15) is 0 Å². The van der Waals surface area contributed by atoms with Crippen molar-refractivity contribution in [3.8, 4) is 5.75 Å². The Hall–Kier alpha value is -2.57. The Kier molecular flexibility index (Phi) is 5.78. The van der Waals surface area contributed by atoms with Gasteiger partial charge in [0, 0.05) is 11.6 Å². The van der Waals surface area contributed by atoms with Crippen LogP contribution in [0.3, 0.4) is 0 Å². The van der Waals surface area contributed by atoms with Gasteiger partial charge in [0.1, 0.15) is 23.4 Å². The number of amides is 2. The minimum absolute atomic E-state index is 0.226. The number of carbonyl (C=O) groups is 1. The average molecular weight is 335 g/mol. The van der Waals surface area contributed by atoms with Gasteiger partial charge in [-0.3, -0.25) is 0 Å². The predicted octanol–water partition coefficient (Wildman–Crippen LogP) is 3.26. The number of aromatic nitrogens is 1. The lowest BCUT2D eigenvalue weighted by molar-refractivity contribution is 0.206. The number of halogens is 1. The van der Waals surface area contributed by atoms with Crippen LogP contribution in [0.15, 0.2) is 28.8 Å². The van der Waals surface area contributed by atoms with Crippen molar-refractivity contribution in [1.82, 2.24) is 15.8 Å². The van der Waals surface area contributed by atoms with Crippen molar-refractivity contribution in [2.75, 3.05) is 6.54 Å². The second-order valence-electron chi connectivity index (χ2n) is 5.70. The summed E-state index contributed by atoms with van der Waals surface area (Å²) in [7, 11) is 0. The molecule has 130 valence electrons. The molecule has 2 amide bonds. The van der Waals surface area contributed by atoms with E-state index in [9.17, 15) is 9.18 Å². The van der Waals surface area contributed by atoms with E-state index in [2.05, 4.69) is 15.8 Å². The number of benzene rings is 1. The van der Waals surface area contributed by atoms with Crippen LogP contribution in [-0.2, 0) is 0 Å². The zero-order valence-electron chi connectivity index (χ0n) is 14.2. The fourth-order valence-electron chi connectivity index (χ4n) is 2.48. The number of carbonyl (C=O) groups excluding carboxylic acids is 1. The summed E-state index contributed by atoms with van der Waals surface area (Å²) in [6.45, 7) is 7.58. The van der Waals surface area contributed by atoms with E-state index in [-0.39, 0.29) is 30.5 Å². The van der Waals surface area contributed by atoms with Gasteiger partial charge in [-0.05, 0) is 39.8 Å². The first-order valence-electron chi connectivity index (χ1n) is 7.76. The highest BCUT2D eigenvalue weighted by Gasteiger charge is 2.18. The highest BCUT2D eigenvalue weighted by Crippen LogP contribution is 2.20. The van der Waals surface area contributed by atoms with Crippen LogP contribution in [0.4, 0.5) is 9.18 Å². The minimum atomic E-state index is -0.362. The number of aryl methyl sites for hydroxylation is 2. The molecule has 0 unspecified atom stereocenters. The first-order chi connectivity index (χ1) is 11.4. The van der Waals surface area contributed by atoms with Gasteiger partial charge < -0.3 is 19.9 Å². The zero-order valence-corrected chi connectivity index (χ0v) is 14.2. The summed E-state index contributed by atoms with van der Waals surface area (Å²) in [5.74, 6) is 0.746. The van der Waals surface area contributed by atoms with Crippen LogP contribution >= 0.6 is 0 Å². The predicted molar refractivity (Wildman–Crippen MR) is 87.4 cm³/mol. The molecule has 0 spiro atoms. The Labute approximate surface area is 140 Å². The van der Waals surface area contributed by atoms with Crippen molar-refractivity contribution in [3.63, 3.8) is 0 Å². The molecule has 6 nitrogen and oxygen atoms in total. The fourth-order valence-corrected chi connectivity index (χ4v) is 2.48. The molecule has 0 aliphatic heterocycles. The Bertz CT molecular complexity index is 683. The van der Waals surface area contributed by atoms with E-state index in [4.69, 9.17) is 9.26 Å². The molecular weight excluding hydrogens is 313 g/mol. The third kappa shape index (κ3) is 4.71. The lowest BCUT2D eigenvalue weighted by Crippen LogP contribution is -2.41. The molecule has 1 heterocycles. The summed E-state index contributed by atoms with van der Waals surface area (Å²) in [6.07, 6.45) is -0.299. The van der Waals surface area contributed by atoms with Crippen molar-refractivity contribution < 1.29 is 18.4 Å². The van der Waals surface area contributed by atoms with Crippen molar-refractivity contribution in [3.05, 3.63) is 47.1 Å². The maximum Gasteiger partial charge on any atom is 0.315 e. The van der Waals surface area contributed by atoms with Crippen LogP contribution in [0.5, 0.6) is 5.75 Å². The van der Waals surface area contributed by atoms with E-state index in [1.54, 1.807) is 26.0 Å². The van der Waals surface area contributed by atoms with E-state index in [0.29, 0.717) is 11.5 Å². The second-order valence-corrected chi connectivity index (χ2v) is 5.70. The number of hydrogen-bond acceptors (Lipinski definition) is 4. The smallest absolute Gasteiger partial charge is 0.315 e. The van der Waals surface area contributed by atoms with E-state index in [1.165, 1.54) is 12.1 Å². The van der Waals surface area contributed by atoms with Gasteiger partial charge in [0.25, 0.3) is 0 Å². The topological polar surface area (TPSA) is 76.4 Å². The number of rotatable bonds is 6. The second kappa shape index (κ2) is 7.81. The van der Waals surface area contributed by atoms with Crippen molar-refractivity contribution >= 4 is 6.03 Å². The molecule has 0 bridgehead atoms. The van der Waals surface area contributed by atoms with E-state index < -0.39 is 0 Å². The Morgan fingerprint density at radius 2 is 2.12 bits per heavy atom. The number of hydrogen-bond donors (Lipinski definition) is 2. The lowest BCUT2D eigenvalue weighted by atomic mass is 10.1. The van der Waals surface area contributed by atoms with Gasteiger partial charge in [-0.1, -0.05) is 11.2 Å². The summed E-state index contributed by atoms with van der Waals surface area (Å²) in [4.78, 5) is 12.0. The van der Waals surface area contributed by atoms with Crippen LogP contribution < -0.4 is 15.4 Å². The largest absolute Gasteiger partial charge is 0.489 e. The van der Waals surface area contributed by atoms with Crippen molar-refractivity contribution in [2.45, 2.75) is 39.8 Å². The average Bonchev–Trinajstić information content (AvgIpc) is 2.84. The van der Waals surface area contributed by atoms with Gasteiger partial charge in [-0.25, -0.2) is 9.18 Å². The number of nitrogens with zero attached hydrogens (tertiary/aromatic N) is 1. The van der Waals surface area contributed by atoms with Crippen LogP contribution in [0.1, 0.15) is 36.9 Å². The molecule has 0 fully saturated rings. The molecule has 2 N–H and O–H groups in total. The molecule has 2 aromatic rings. The number of ether oxygens (including phenoxy) is 1. The molecule has 2 atom stereocenters. The first kappa shape index (κ1) is 17.8. The Morgan fingerprint density at radius 1 is 1.38 bits per heavy atom. The van der Waals surface area contributed by atoms with Gasteiger partial charge >= 0.3 is 6.03 Å². The van der Waals surface area contributed by atoms with Gasteiger partial charge in [-0.15, -0.1) is 0 Å². The van der Waals surface area contributed by atoms with Crippen LogP contribution in [-0.4, -0.2) is 23.8 Å². The zero-order chi connectivity index (χ0) is 17.7. The summed E-state index contributed by atoms with van der Waals surface area (Å²) in [6, 6.07) is 5.34. The van der Waals surface area contributed by atoms with Crippen LogP contribution in [0.25, 0.3) is 0 Å². The SMILES string of the molecule is Cc1noc(C)c1[C@@H](C)NC(=O)NC[C@@H](C)Oc1cccc(F)c1. The maximum atomic E-state index is 13.1. The first-order valence-corrected chi connectivity index (χ1v) is 7.76. The molecule has 0 aliphatic carbocycles. The third-order valence-electron chi connectivity index (χ3n) is 3.55. The number of nitrogens with one attached hydrogen (secondary N) is 2. The Morgan fingerprint density at radius 3 is 2.75 bits per heavy atom. The molecule has 7 heteroatoms. The van der Waals surface area contributed by atoms with E-state index in [1.807, 2.05) is 13.8 Å². The molecular formula is C17H22FN3O3. The molecule has 1 aromatic heterocycles. The molecule has 1 aromatic carbocycles. The summed E-state index contributed by atoms with van der Waals surface area (Å²) < 4.78 is 23.8. The standard InChI is InChI=1S/C17H22FN3O3/c1-10(23-15-7-5-6-14(18)8-15)9-19-17(22)20-11(2)16-12(3)21-24-13(16)4/h5-8,10-11H,9H2,1-4H3,(H2,19,20,22)/t10-,11-/m1/s1. The molecule has 2 rings (SSSR count). The normalized spacial score (nSPS) is 13.2. The van der Waals surface area contributed by atoms with Crippen LogP contribution in [0.2, 0.25) is 0 Å². The summed E-state index contributed by atoms with van der Waals surface area (Å²) >= 11 is 0. The Balaban J connectivity index is 1.80. The quantitative estimate of drug-likeness (QED) is 0.849. The van der Waals surface area contributed by atoms with Crippen LogP contribution in [0, 0.1) is 19.7 Å². The molecule has 24 heavy (non-hydrogen) atoms. The van der Waals surface area contributed by atoms with E-state index in [0.717, 1.165) is 11.3 Å². The van der Waals surface area contributed by atoms with E-state index >= 15 is 0 Å². The fraction of sp³-hybridized carbons (Fsp3) is 0.412. The summed E-state index contributed by atoms with van der Waals surface area (Å²) in [5.41, 5.74) is 1.62. The molecule has 0 saturated carbocycles. The number of urea groups is 1. The van der Waals surface area contributed by atoms with Gasteiger partial charge in [0.15, 0.2) is 0 Å². The maximum absolute atomic E-state index is 13.1.